The summed E-state index contributed by atoms with van der Waals surface area (Å²) in [4.78, 5) is 2.59. The van der Waals surface area contributed by atoms with E-state index in [0.29, 0.717) is 6.04 Å². The molecular formula is C12H23ClN2. The maximum Gasteiger partial charge on any atom is 0.00631 e. The lowest BCUT2D eigenvalue weighted by atomic mass is 9.94. The maximum atomic E-state index is 5.89. The van der Waals surface area contributed by atoms with Crippen molar-refractivity contribution in [2.45, 2.75) is 38.1 Å². The van der Waals surface area contributed by atoms with Gasteiger partial charge in [-0.25, -0.2) is 0 Å². The van der Waals surface area contributed by atoms with Crippen LogP contribution in [0.5, 0.6) is 0 Å². The lowest BCUT2D eigenvalue weighted by molar-refractivity contribution is 0.190. The Bertz CT molecular complexity index is 198. The van der Waals surface area contributed by atoms with E-state index in [9.17, 15) is 0 Å². The first-order valence-corrected chi connectivity index (χ1v) is 5.99. The van der Waals surface area contributed by atoms with Gasteiger partial charge in [0.25, 0.3) is 0 Å². The van der Waals surface area contributed by atoms with Crippen molar-refractivity contribution in [2.75, 3.05) is 19.6 Å². The molecule has 1 unspecified atom stereocenters. The van der Waals surface area contributed by atoms with Gasteiger partial charge in [0.1, 0.15) is 0 Å². The smallest absolute Gasteiger partial charge is 0.00631 e. The molecule has 0 radical (unpaired) electrons. The topological polar surface area (TPSA) is 29.3 Å². The minimum Gasteiger partial charge on any atom is -0.328 e. The quantitative estimate of drug-likeness (QED) is 0.737. The molecule has 1 aliphatic heterocycles. The summed E-state index contributed by atoms with van der Waals surface area (Å²) in [6.07, 6.45) is 11.2. The SMILES string of the molecule is Cl.NC1CCN(CC2C=CCCC2)CC1. The second-order valence-corrected chi connectivity index (χ2v) is 4.76. The van der Waals surface area contributed by atoms with Crippen molar-refractivity contribution in [2.24, 2.45) is 11.7 Å². The molecular weight excluding hydrogens is 208 g/mol. The molecule has 2 N–H and O–H groups in total. The van der Waals surface area contributed by atoms with Gasteiger partial charge in [-0.1, -0.05) is 12.2 Å². The van der Waals surface area contributed by atoms with E-state index in [1.807, 2.05) is 0 Å². The van der Waals surface area contributed by atoms with Gasteiger partial charge in [-0.15, -0.1) is 12.4 Å². The van der Waals surface area contributed by atoms with Gasteiger partial charge in [0.15, 0.2) is 0 Å². The lowest BCUT2D eigenvalue weighted by Gasteiger charge is -2.32. The van der Waals surface area contributed by atoms with E-state index >= 15 is 0 Å². The summed E-state index contributed by atoms with van der Waals surface area (Å²) in [6.45, 7) is 3.69. The first-order valence-electron chi connectivity index (χ1n) is 5.99. The molecule has 0 aromatic carbocycles. The number of halogens is 1. The van der Waals surface area contributed by atoms with Crippen LogP contribution in [-0.4, -0.2) is 30.6 Å². The number of rotatable bonds is 2. The number of hydrogen-bond donors (Lipinski definition) is 1. The molecule has 1 fully saturated rings. The minimum absolute atomic E-state index is 0. The van der Waals surface area contributed by atoms with Gasteiger partial charge >= 0.3 is 0 Å². The summed E-state index contributed by atoms with van der Waals surface area (Å²) in [5, 5.41) is 0. The first-order chi connectivity index (χ1) is 6.84. The lowest BCUT2D eigenvalue weighted by Crippen LogP contribution is -2.41. The van der Waals surface area contributed by atoms with Crippen LogP contribution in [0.4, 0.5) is 0 Å². The molecule has 0 saturated carbocycles. The second kappa shape index (κ2) is 6.51. The van der Waals surface area contributed by atoms with E-state index in [4.69, 9.17) is 5.73 Å². The monoisotopic (exact) mass is 230 g/mol. The molecule has 0 aromatic rings. The molecule has 3 heteroatoms. The van der Waals surface area contributed by atoms with Gasteiger partial charge in [0.05, 0.1) is 0 Å². The van der Waals surface area contributed by atoms with Gasteiger partial charge in [0, 0.05) is 12.6 Å². The van der Waals surface area contributed by atoms with Gasteiger partial charge in [0.2, 0.25) is 0 Å². The summed E-state index contributed by atoms with van der Waals surface area (Å²) in [5.74, 6) is 0.818. The van der Waals surface area contributed by atoms with Crippen molar-refractivity contribution >= 4 is 12.4 Å². The number of piperidine rings is 1. The Morgan fingerprint density at radius 1 is 1.20 bits per heavy atom. The van der Waals surface area contributed by atoms with Crippen LogP contribution in [0.15, 0.2) is 12.2 Å². The van der Waals surface area contributed by atoms with Crippen molar-refractivity contribution < 1.29 is 0 Å². The van der Waals surface area contributed by atoms with Crippen LogP contribution in [0, 0.1) is 5.92 Å². The van der Waals surface area contributed by atoms with Crippen molar-refractivity contribution in [3.63, 3.8) is 0 Å². The Labute approximate surface area is 99.3 Å². The molecule has 1 aliphatic carbocycles. The third-order valence-corrected chi connectivity index (χ3v) is 3.48. The zero-order valence-corrected chi connectivity index (χ0v) is 10.2. The van der Waals surface area contributed by atoms with Crippen LogP contribution >= 0.6 is 12.4 Å². The van der Waals surface area contributed by atoms with Crippen LogP contribution in [0.2, 0.25) is 0 Å². The van der Waals surface area contributed by atoms with Crippen molar-refractivity contribution in [3.05, 3.63) is 12.2 Å². The predicted molar refractivity (Wildman–Crippen MR) is 67.4 cm³/mol. The van der Waals surface area contributed by atoms with Crippen LogP contribution in [0.25, 0.3) is 0 Å². The fraction of sp³-hybridized carbons (Fsp3) is 0.833. The van der Waals surface area contributed by atoms with E-state index in [1.165, 1.54) is 51.7 Å². The van der Waals surface area contributed by atoms with E-state index < -0.39 is 0 Å². The molecule has 2 nitrogen and oxygen atoms in total. The summed E-state index contributed by atoms with van der Waals surface area (Å²) in [6, 6.07) is 0.466. The molecule has 1 saturated heterocycles. The summed E-state index contributed by atoms with van der Waals surface area (Å²) >= 11 is 0. The van der Waals surface area contributed by atoms with Gasteiger partial charge in [-0.05, 0) is 51.1 Å². The van der Waals surface area contributed by atoms with E-state index in [2.05, 4.69) is 17.1 Å². The average molecular weight is 231 g/mol. The maximum absolute atomic E-state index is 5.89. The minimum atomic E-state index is 0. The molecule has 0 aromatic heterocycles. The van der Waals surface area contributed by atoms with E-state index in [1.54, 1.807) is 0 Å². The molecule has 0 spiro atoms. The van der Waals surface area contributed by atoms with Crippen molar-refractivity contribution in [1.29, 1.82) is 0 Å². The highest BCUT2D eigenvalue weighted by atomic mass is 35.5. The largest absolute Gasteiger partial charge is 0.328 e. The standard InChI is InChI=1S/C12H22N2.ClH/c13-12-6-8-14(9-7-12)10-11-4-2-1-3-5-11;/h2,4,11-12H,1,3,5-10,13H2;1H. The molecule has 2 aliphatic rings. The van der Waals surface area contributed by atoms with Crippen LogP contribution < -0.4 is 5.73 Å². The number of nitrogens with zero attached hydrogens (tertiary/aromatic N) is 1. The number of hydrogen-bond acceptors (Lipinski definition) is 2. The van der Waals surface area contributed by atoms with Gasteiger partial charge in [-0.2, -0.15) is 0 Å². The van der Waals surface area contributed by atoms with Crippen molar-refractivity contribution in [1.82, 2.24) is 4.90 Å². The van der Waals surface area contributed by atoms with Gasteiger partial charge < -0.3 is 10.6 Å². The Balaban J connectivity index is 0.00000112. The zero-order chi connectivity index (χ0) is 9.80. The Hall–Kier alpha value is -0.0500. The first kappa shape index (κ1) is 13.0. The molecule has 88 valence electrons. The molecule has 1 atom stereocenters. The fourth-order valence-electron chi connectivity index (χ4n) is 2.50. The molecule has 1 heterocycles. The summed E-state index contributed by atoms with van der Waals surface area (Å²) < 4.78 is 0. The molecule has 2 rings (SSSR count). The van der Waals surface area contributed by atoms with Crippen molar-refractivity contribution in [3.8, 4) is 0 Å². The second-order valence-electron chi connectivity index (χ2n) is 4.76. The molecule has 0 amide bonds. The van der Waals surface area contributed by atoms with Crippen LogP contribution in [-0.2, 0) is 0 Å². The Kier molecular flexibility index (Phi) is 5.65. The van der Waals surface area contributed by atoms with Crippen LogP contribution in [0.1, 0.15) is 32.1 Å². The third kappa shape index (κ3) is 4.13. The number of allylic oxidation sites excluding steroid dienone is 1. The number of likely N-dealkylation sites (tertiary alicyclic amines) is 1. The van der Waals surface area contributed by atoms with E-state index in [0.717, 1.165) is 5.92 Å². The fourth-order valence-corrected chi connectivity index (χ4v) is 2.50. The highest BCUT2D eigenvalue weighted by molar-refractivity contribution is 5.85. The molecule has 15 heavy (non-hydrogen) atoms. The summed E-state index contributed by atoms with van der Waals surface area (Å²) in [7, 11) is 0. The van der Waals surface area contributed by atoms with Crippen LogP contribution in [0.3, 0.4) is 0 Å². The van der Waals surface area contributed by atoms with E-state index in [-0.39, 0.29) is 12.4 Å². The predicted octanol–water partition coefficient (Wildman–Crippen LogP) is 2.19. The Morgan fingerprint density at radius 2 is 1.93 bits per heavy atom. The zero-order valence-electron chi connectivity index (χ0n) is 9.40. The highest BCUT2D eigenvalue weighted by Gasteiger charge is 2.18. The third-order valence-electron chi connectivity index (χ3n) is 3.48. The normalized spacial score (nSPS) is 28.7. The highest BCUT2D eigenvalue weighted by Crippen LogP contribution is 2.19. The number of nitrogens with two attached hydrogens (primary N) is 1. The van der Waals surface area contributed by atoms with Gasteiger partial charge in [-0.3, -0.25) is 0 Å². The summed E-state index contributed by atoms with van der Waals surface area (Å²) in [5.41, 5.74) is 5.89. The molecule has 0 bridgehead atoms. The Morgan fingerprint density at radius 3 is 2.53 bits per heavy atom. The average Bonchev–Trinajstić information content (AvgIpc) is 2.23.